The standard InChI is InChI=1S/C14H10N4O4S3/c1-25(21,22)18-11(19)7-24-14-9(6-16)12(10-3-2-4-23-10)8(5-15)13(20)17-14/h2-4H,7H2,1H3,(H,17,20)(H,18,19). The number of nitrogens with zero attached hydrogens (tertiary/aromatic N) is 2. The Hall–Kier alpha value is -2.60. The number of aromatic nitrogens is 1. The normalized spacial score (nSPS) is 10.7. The Balaban J connectivity index is 2.47. The van der Waals surface area contributed by atoms with Crippen LogP contribution in [0.3, 0.4) is 0 Å². The van der Waals surface area contributed by atoms with Crippen LogP contribution in [-0.4, -0.2) is 31.3 Å². The Kier molecular flexibility index (Phi) is 5.64. The highest BCUT2D eigenvalue weighted by Gasteiger charge is 2.21. The fourth-order valence-electron chi connectivity index (χ4n) is 1.94. The lowest BCUT2D eigenvalue weighted by molar-refractivity contribution is -0.116. The molecule has 0 unspecified atom stereocenters. The predicted octanol–water partition coefficient (Wildman–Crippen LogP) is 1.01. The number of hydrogen-bond donors (Lipinski definition) is 2. The maximum Gasteiger partial charge on any atom is 0.267 e. The molecule has 0 aromatic carbocycles. The van der Waals surface area contributed by atoms with E-state index in [9.17, 15) is 28.5 Å². The second-order valence-corrected chi connectivity index (χ2v) is 8.38. The van der Waals surface area contributed by atoms with E-state index in [2.05, 4.69) is 4.98 Å². The van der Waals surface area contributed by atoms with Gasteiger partial charge in [0.15, 0.2) is 0 Å². The molecule has 1 amide bonds. The van der Waals surface area contributed by atoms with Gasteiger partial charge in [-0.2, -0.15) is 10.5 Å². The average Bonchev–Trinajstić information content (AvgIpc) is 3.04. The van der Waals surface area contributed by atoms with Gasteiger partial charge in [-0.05, 0) is 11.4 Å². The second kappa shape index (κ2) is 7.53. The van der Waals surface area contributed by atoms with Crippen molar-refractivity contribution in [3.8, 4) is 22.6 Å². The summed E-state index contributed by atoms with van der Waals surface area (Å²) in [6.07, 6.45) is 0.842. The quantitative estimate of drug-likeness (QED) is 0.720. The molecule has 2 heterocycles. The summed E-state index contributed by atoms with van der Waals surface area (Å²) in [5.41, 5.74) is -0.620. The first-order valence-corrected chi connectivity index (χ1v) is 10.3. The van der Waals surface area contributed by atoms with Crippen LogP contribution in [-0.2, 0) is 14.8 Å². The molecule has 0 spiro atoms. The molecule has 2 aromatic rings. The highest BCUT2D eigenvalue weighted by molar-refractivity contribution is 8.00. The Morgan fingerprint density at radius 2 is 2.04 bits per heavy atom. The number of carbonyl (C=O) groups is 1. The minimum atomic E-state index is -3.70. The fourth-order valence-corrected chi connectivity index (χ4v) is 4.11. The zero-order valence-corrected chi connectivity index (χ0v) is 15.1. The number of hydrogen-bond acceptors (Lipinski definition) is 8. The van der Waals surface area contributed by atoms with Gasteiger partial charge in [-0.3, -0.25) is 14.3 Å². The molecular formula is C14H10N4O4S3. The molecule has 11 heteroatoms. The molecule has 2 N–H and O–H groups in total. The van der Waals surface area contributed by atoms with Crippen LogP contribution in [0.25, 0.3) is 10.4 Å². The van der Waals surface area contributed by atoms with Gasteiger partial charge in [-0.15, -0.1) is 11.3 Å². The first-order chi connectivity index (χ1) is 11.8. The number of thioether (sulfide) groups is 1. The molecule has 0 radical (unpaired) electrons. The van der Waals surface area contributed by atoms with Crippen molar-refractivity contribution in [1.29, 1.82) is 10.5 Å². The minimum Gasteiger partial charge on any atom is -0.315 e. The summed E-state index contributed by atoms with van der Waals surface area (Å²) >= 11 is 2.07. The molecule has 0 aliphatic heterocycles. The fraction of sp³-hybridized carbons (Fsp3) is 0.143. The molecule has 2 aromatic heterocycles. The maximum atomic E-state index is 12.1. The van der Waals surface area contributed by atoms with E-state index in [0.717, 1.165) is 18.0 Å². The van der Waals surface area contributed by atoms with Gasteiger partial charge in [-0.1, -0.05) is 17.8 Å². The lowest BCUT2D eigenvalue weighted by Crippen LogP contribution is -2.30. The number of nitriles is 2. The lowest BCUT2D eigenvalue weighted by Gasteiger charge is -2.09. The summed E-state index contributed by atoms with van der Waals surface area (Å²) in [6, 6.07) is 7.13. The number of amides is 1. The Morgan fingerprint density at radius 3 is 2.56 bits per heavy atom. The van der Waals surface area contributed by atoms with Crippen LogP contribution in [0.2, 0.25) is 0 Å². The monoisotopic (exact) mass is 394 g/mol. The number of aromatic amines is 1. The predicted molar refractivity (Wildman–Crippen MR) is 93.5 cm³/mol. The Bertz CT molecular complexity index is 1060. The van der Waals surface area contributed by atoms with E-state index in [0.29, 0.717) is 4.88 Å². The molecule has 0 aliphatic carbocycles. The van der Waals surface area contributed by atoms with Crippen molar-refractivity contribution in [2.75, 3.05) is 12.0 Å². The van der Waals surface area contributed by atoms with Crippen LogP contribution in [0, 0.1) is 22.7 Å². The molecule has 0 fully saturated rings. The van der Waals surface area contributed by atoms with Crippen molar-refractivity contribution in [2.45, 2.75) is 5.03 Å². The topological polar surface area (TPSA) is 144 Å². The molecule has 25 heavy (non-hydrogen) atoms. The lowest BCUT2D eigenvalue weighted by atomic mass is 10.0. The SMILES string of the molecule is CS(=O)(=O)NC(=O)CSc1[nH]c(=O)c(C#N)c(-c2cccs2)c1C#N. The molecule has 0 aliphatic rings. The Labute approximate surface area is 151 Å². The number of carbonyl (C=O) groups excluding carboxylic acids is 1. The van der Waals surface area contributed by atoms with Crippen LogP contribution in [0.1, 0.15) is 11.1 Å². The number of nitrogens with one attached hydrogen (secondary N) is 2. The van der Waals surface area contributed by atoms with Gasteiger partial charge in [0.05, 0.1) is 22.6 Å². The molecule has 128 valence electrons. The van der Waals surface area contributed by atoms with Crippen LogP contribution < -0.4 is 10.3 Å². The van der Waals surface area contributed by atoms with Crippen LogP contribution in [0.4, 0.5) is 0 Å². The first-order valence-electron chi connectivity index (χ1n) is 6.54. The van der Waals surface area contributed by atoms with Crippen molar-refractivity contribution >= 4 is 39.0 Å². The second-order valence-electron chi connectivity index (χ2n) is 4.70. The van der Waals surface area contributed by atoms with Gasteiger partial charge in [0.25, 0.3) is 5.56 Å². The molecule has 0 atom stereocenters. The van der Waals surface area contributed by atoms with Crippen LogP contribution >= 0.6 is 23.1 Å². The number of thiophene rings is 1. The van der Waals surface area contributed by atoms with E-state index in [1.807, 2.05) is 6.07 Å². The van der Waals surface area contributed by atoms with Gasteiger partial charge >= 0.3 is 0 Å². The zero-order valence-electron chi connectivity index (χ0n) is 12.7. The van der Waals surface area contributed by atoms with Gasteiger partial charge in [0.1, 0.15) is 17.7 Å². The van der Waals surface area contributed by atoms with Crippen molar-refractivity contribution in [3.05, 3.63) is 39.0 Å². The van der Waals surface area contributed by atoms with Gasteiger partial charge in [-0.25, -0.2) is 8.42 Å². The van der Waals surface area contributed by atoms with E-state index in [4.69, 9.17) is 0 Å². The summed E-state index contributed by atoms with van der Waals surface area (Å²) in [5.74, 6) is -1.12. The third-order valence-corrected chi connectivity index (χ3v) is 5.31. The smallest absolute Gasteiger partial charge is 0.267 e. The third kappa shape index (κ3) is 4.48. The van der Waals surface area contributed by atoms with E-state index in [-0.39, 0.29) is 27.5 Å². The molecule has 2 rings (SSSR count). The van der Waals surface area contributed by atoms with Crippen molar-refractivity contribution in [3.63, 3.8) is 0 Å². The molecular weight excluding hydrogens is 384 g/mol. The summed E-state index contributed by atoms with van der Waals surface area (Å²) < 4.78 is 23.9. The average molecular weight is 394 g/mol. The van der Waals surface area contributed by atoms with Gasteiger partial charge in [0.2, 0.25) is 15.9 Å². The number of sulfonamides is 1. The van der Waals surface area contributed by atoms with Crippen molar-refractivity contribution < 1.29 is 13.2 Å². The minimum absolute atomic E-state index is 0.0516. The summed E-state index contributed by atoms with van der Waals surface area (Å²) in [4.78, 5) is 26.7. The van der Waals surface area contributed by atoms with E-state index < -0.39 is 21.5 Å². The number of pyridine rings is 1. The van der Waals surface area contributed by atoms with E-state index >= 15 is 0 Å². The summed E-state index contributed by atoms with van der Waals surface area (Å²) in [5, 5.41) is 20.6. The molecule has 0 saturated heterocycles. The van der Waals surface area contributed by atoms with Gasteiger partial charge in [0, 0.05) is 10.4 Å². The number of H-pyrrole nitrogens is 1. The van der Waals surface area contributed by atoms with Crippen LogP contribution in [0.5, 0.6) is 0 Å². The van der Waals surface area contributed by atoms with Crippen molar-refractivity contribution in [1.82, 2.24) is 9.71 Å². The first kappa shape index (κ1) is 18.7. The third-order valence-electron chi connectivity index (χ3n) is 2.82. The van der Waals surface area contributed by atoms with E-state index in [1.165, 1.54) is 11.3 Å². The molecule has 0 saturated carbocycles. The highest BCUT2D eigenvalue weighted by atomic mass is 32.2. The van der Waals surface area contributed by atoms with Crippen LogP contribution in [0.15, 0.2) is 27.3 Å². The highest BCUT2D eigenvalue weighted by Crippen LogP contribution is 2.33. The summed E-state index contributed by atoms with van der Waals surface area (Å²) in [7, 11) is -3.70. The molecule has 0 bridgehead atoms. The Morgan fingerprint density at radius 1 is 1.36 bits per heavy atom. The maximum absolute atomic E-state index is 12.1. The van der Waals surface area contributed by atoms with Crippen molar-refractivity contribution in [2.24, 2.45) is 0 Å². The van der Waals surface area contributed by atoms with E-state index in [1.54, 1.807) is 28.3 Å². The zero-order chi connectivity index (χ0) is 18.6. The summed E-state index contributed by atoms with van der Waals surface area (Å²) in [6.45, 7) is 0. The largest absolute Gasteiger partial charge is 0.315 e. The van der Waals surface area contributed by atoms with Gasteiger partial charge < -0.3 is 4.98 Å². The molecule has 8 nitrogen and oxygen atoms in total. The number of rotatable bonds is 5.